The molecule has 9 heteroatoms. The van der Waals surface area contributed by atoms with Crippen LogP contribution < -0.4 is 9.62 Å². The van der Waals surface area contributed by atoms with Crippen LogP contribution >= 0.6 is 11.8 Å². The molecule has 1 saturated carbocycles. The lowest BCUT2D eigenvalue weighted by Gasteiger charge is -2.35. The van der Waals surface area contributed by atoms with Gasteiger partial charge in [0.1, 0.15) is 12.6 Å². The van der Waals surface area contributed by atoms with Crippen molar-refractivity contribution < 1.29 is 18.0 Å². The monoisotopic (exact) mass is 683 g/mol. The number of nitrogens with zero attached hydrogens (tertiary/aromatic N) is 2. The van der Waals surface area contributed by atoms with Crippen LogP contribution in [0.5, 0.6) is 0 Å². The molecule has 1 unspecified atom stereocenters. The van der Waals surface area contributed by atoms with E-state index in [2.05, 4.69) is 5.32 Å². The number of rotatable bonds is 13. The lowest BCUT2D eigenvalue weighted by molar-refractivity contribution is -0.140. The molecular formula is C39H45N3O4S2. The first-order valence-electron chi connectivity index (χ1n) is 16.6. The van der Waals surface area contributed by atoms with E-state index in [1.165, 1.54) is 16.1 Å². The molecular weight excluding hydrogens is 639 g/mol. The molecule has 4 aromatic rings. The number of aryl methyl sites for hydroxylation is 2. The van der Waals surface area contributed by atoms with Crippen LogP contribution in [0.15, 0.2) is 113 Å². The Morgan fingerprint density at radius 3 is 2.12 bits per heavy atom. The molecule has 2 amide bonds. The standard InChI is InChI=1S/C39H45N3O4S2/c1-29-17-19-34(20-18-29)42(48(45,46)36-23-21-35(47-3)22-24-36)28-38(43)41(27-32-14-10-11-30(2)25-32)37(26-31-12-6-4-7-13-31)39(44)40-33-15-8-5-9-16-33/h4,6-7,10-14,17-25,33,37H,5,8-9,15-16,26-28H2,1-3H3,(H,40,44). The molecule has 0 aromatic heterocycles. The Morgan fingerprint density at radius 1 is 0.812 bits per heavy atom. The lowest BCUT2D eigenvalue weighted by atomic mass is 9.94. The number of hydrogen-bond acceptors (Lipinski definition) is 5. The molecule has 5 rings (SSSR count). The van der Waals surface area contributed by atoms with Gasteiger partial charge in [-0.1, -0.05) is 97.1 Å². The van der Waals surface area contributed by atoms with E-state index >= 15 is 0 Å². The second-order valence-corrected chi connectivity index (χ2v) is 15.3. The first-order chi connectivity index (χ1) is 23.1. The molecule has 7 nitrogen and oxygen atoms in total. The van der Waals surface area contributed by atoms with Gasteiger partial charge in [0.15, 0.2) is 0 Å². The van der Waals surface area contributed by atoms with Crippen molar-refractivity contribution in [2.75, 3.05) is 17.1 Å². The normalized spacial score (nSPS) is 14.2. The van der Waals surface area contributed by atoms with Gasteiger partial charge in [-0.05, 0) is 80.5 Å². The number of sulfonamides is 1. The molecule has 1 atom stereocenters. The van der Waals surface area contributed by atoms with Crippen molar-refractivity contribution in [1.29, 1.82) is 0 Å². The maximum absolute atomic E-state index is 14.7. The summed E-state index contributed by atoms with van der Waals surface area (Å²) in [6.07, 6.45) is 7.31. The average Bonchev–Trinajstić information content (AvgIpc) is 3.10. The molecule has 1 fully saturated rings. The number of carbonyl (C=O) groups is 2. The maximum atomic E-state index is 14.7. The molecule has 1 aliphatic rings. The molecule has 1 N–H and O–H groups in total. The van der Waals surface area contributed by atoms with Gasteiger partial charge < -0.3 is 10.2 Å². The number of anilines is 1. The van der Waals surface area contributed by atoms with E-state index < -0.39 is 28.5 Å². The van der Waals surface area contributed by atoms with Gasteiger partial charge in [-0.2, -0.15) is 0 Å². The van der Waals surface area contributed by atoms with Gasteiger partial charge in [-0.15, -0.1) is 11.8 Å². The second-order valence-electron chi connectivity index (χ2n) is 12.6. The van der Waals surface area contributed by atoms with Crippen LogP contribution in [0.3, 0.4) is 0 Å². The third-order valence-corrected chi connectivity index (χ3v) is 11.4. The third kappa shape index (κ3) is 9.08. The molecule has 0 aliphatic heterocycles. The Balaban J connectivity index is 1.56. The van der Waals surface area contributed by atoms with Crippen molar-refractivity contribution in [3.8, 4) is 0 Å². The molecule has 48 heavy (non-hydrogen) atoms. The zero-order chi connectivity index (χ0) is 34.1. The van der Waals surface area contributed by atoms with Crippen LogP contribution in [0, 0.1) is 13.8 Å². The minimum Gasteiger partial charge on any atom is -0.352 e. The molecule has 1 aliphatic carbocycles. The van der Waals surface area contributed by atoms with Crippen molar-refractivity contribution in [2.45, 2.75) is 80.8 Å². The summed E-state index contributed by atoms with van der Waals surface area (Å²) in [5, 5.41) is 3.26. The average molecular weight is 684 g/mol. The smallest absolute Gasteiger partial charge is 0.264 e. The quantitative estimate of drug-likeness (QED) is 0.150. The topological polar surface area (TPSA) is 86.8 Å². The molecule has 0 bridgehead atoms. The van der Waals surface area contributed by atoms with Crippen LogP contribution in [0.25, 0.3) is 0 Å². The van der Waals surface area contributed by atoms with Gasteiger partial charge in [-0.3, -0.25) is 13.9 Å². The highest BCUT2D eigenvalue weighted by atomic mass is 32.2. The molecule has 252 valence electrons. The number of hydrogen-bond donors (Lipinski definition) is 1. The zero-order valence-electron chi connectivity index (χ0n) is 28.0. The summed E-state index contributed by atoms with van der Waals surface area (Å²) in [5.41, 5.74) is 4.16. The Morgan fingerprint density at radius 2 is 1.48 bits per heavy atom. The second kappa shape index (κ2) is 16.3. The van der Waals surface area contributed by atoms with Crippen molar-refractivity contribution in [3.63, 3.8) is 0 Å². The number of carbonyl (C=O) groups excluding carboxylic acids is 2. The van der Waals surface area contributed by atoms with E-state index in [9.17, 15) is 18.0 Å². The van der Waals surface area contributed by atoms with Crippen molar-refractivity contribution in [3.05, 3.63) is 125 Å². The highest BCUT2D eigenvalue weighted by Gasteiger charge is 2.35. The highest BCUT2D eigenvalue weighted by molar-refractivity contribution is 7.98. The maximum Gasteiger partial charge on any atom is 0.264 e. The van der Waals surface area contributed by atoms with E-state index in [0.717, 1.165) is 59.3 Å². The third-order valence-electron chi connectivity index (χ3n) is 8.91. The summed E-state index contributed by atoms with van der Waals surface area (Å²) < 4.78 is 29.8. The minimum atomic E-state index is -4.15. The van der Waals surface area contributed by atoms with Crippen molar-refractivity contribution in [1.82, 2.24) is 10.2 Å². The first-order valence-corrected chi connectivity index (χ1v) is 19.2. The summed E-state index contributed by atoms with van der Waals surface area (Å²) in [5.74, 6) is -0.676. The summed E-state index contributed by atoms with van der Waals surface area (Å²) in [6.45, 7) is 3.60. The molecule has 4 aromatic carbocycles. The van der Waals surface area contributed by atoms with Gasteiger partial charge >= 0.3 is 0 Å². The van der Waals surface area contributed by atoms with E-state index in [-0.39, 0.29) is 23.4 Å². The summed E-state index contributed by atoms with van der Waals surface area (Å²) in [7, 11) is -4.15. The van der Waals surface area contributed by atoms with Gasteiger partial charge in [0.05, 0.1) is 10.6 Å². The summed E-state index contributed by atoms with van der Waals surface area (Å²) in [6, 6.07) is 30.5. The number of nitrogens with one attached hydrogen (secondary N) is 1. The highest BCUT2D eigenvalue weighted by Crippen LogP contribution is 2.27. The lowest BCUT2D eigenvalue weighted by Crippen LogP contribution is -2.55. The Labute approximate surface area is 289 Å². The van der Waals surface area contributed by atoms with Crippen LogP contribution in [0.2, 0.25) is 0 Å². The van der Waals surface area contributed by atoms with Crippen LogP contribution in [0.1, 0.15) is 54.4 Å². The van der Waals surface area contributed by atoms with Gasteiger partial charge in [-0.25, -0.2) is 8.42 Å². The van der Waals surface area contributed by atoms with Crippen molar-refractivity contribution >= 4 is 39.3 Å². The zero-order valence-corrected chi connectivity index (χ0v) is 29.6. The SMILES string of the molecule is CSc1ccc(S(=O)(=O)N(CC(=O)N(Cc2cccc(C)c2)C(Cc2ccccc2)C(=O)NC2CCCCC2)c2ccc(C)cc2)cc1. The fourth-order valence-electron chi connectivity index (χ4n) is 6.22. The van der Waals surface area contributed by atoms with Gasteiger partial charge in [0.25, 0.3) is 10.0 Å². The number of amides is 2. The predicted molar refractivity (Wildman–Crippen MR) is 195 cm³/mol. The van der Waals surface area contributed by atoms with Gasteiger partial charge in [0.2, 0.25) is 11.8 Å². The predicted octanol–water partition coefficient (Wildman–Crippen LogP) is 7.31. The van der Waals surface area contributed by atoms with Crippen molar-refractivity contribution in [2.24, 2.45) is 0 Å². The van der Waals surface area contributed by atoms with E-state index in [1.807, 2.05) is 86.8 Å². The Kier molecular flexibility index (Phi) is 12.0. The van der Waals surface area contributed by atoms with E-state index in [1.54, 1.807) is 41.3 Å². The molecule has 0 saturated heterocycles. The number of thioether (sulfide) groups is 1. The van der Waals surface area contributed by atoms with Crippen LogP contribution in [0.4, 0.5) is 5.69 Å². The van der Waals surface area contributed by atoms with Crippen LogP contribution in [-0.4, -0.2) is 50.0 Å². The fourth-order valence-corrected chi connectivity index (χ4v) is 8.04. The fraction of sp³-hybridized carbons (Fsp3) is 0.333. The summed E-state index contributed by atoms with van der Waals surface area (Å²) in [4.78, 5) is 31.6. The largest absolute Gasteiger partial charge is 0.352 e. The van der Waals surface area contributed by atoms with E-state index in [0.29, 0.717) is 12.1 Å². The van der Waals surface area contributed by atoms with E-state index in [4.69, 9.17) is 0 Å². The number of benzene rings is 4. The Bertz CT molecular complexity index is 1770. The molecule has 0 spiro atoms. The van der Waals surface area contributed by atoms with Crippen LogP contribution in [-0.2, 0) is 32.6 Å². The summed E-state index contributed by atoms with van der Waals surface area (Å²) >= 11 is 1.52. The first kappa shape index (κ1) is 35.2. The molecule has 0 radical (unpaired) electrons. The minimum absolute atomic E-state index is 0.0501. The molecule has 0 heterocycles. The Hall–Kier alpha value is -4.08. The van der Waals surface area contributed by atoms with Gasteiger partial charge in [0, 0.05) is 23.9 Å².